The molecule has 0 aromatic carbocycles. The smallest absolute Gasteiger partial charge is 0.226 e. The van der Waals surface area contributed by atoms with Gasteiger partial charge in [0, 0.05) is 18.8 Å². The number of aromatic nitrogens is 2. The lowest BCUT2D eigenvalue weighted by Crippen LogP contribution is -2.42. The number of rotatable bonds is 3. The van der Waals surface area contributed by atoms with Crippen molar-refractivity contribution >= 4 is 29.1 Å². The maximum atomic E-state index is 11.3. The van der Waals surface area contributed by atoms with E-state index >= 15 is 0 Å². The lowest BCUT2D eigenvalue weighted by atomic mass is 9.98. The van der Waals surface area contributed by atoms with E-state index < -0.39 is 0 Å². The molecule has 1 amide bonds. The molecule has 6 nitrogen and oxygen atoms in total. The Balaban J connectivity index is 2.26. The Labute approximate surface area is 117 Å². The Morgan fingerprint density at radius 2 is 2.21 bits per heavy atom. The predicted molar refractivity (Wildman–Crippen MR) is 76.8 cm³/mol. The molecule has 102 valence electrons. The van der Waals surface area contributed by atoms with E-state index in [0.29, 0.717) is 18.2 Å². The van der Waals surface area contributed by atoms with Gasteiger partial charge in [-0.25, -0.2) is 9.97 Å². The summed E-state index contributed by atoms with van der Waals surface area (Å²) in [6.07, 6.45) is 1.72. The van der Waals surface area contributed by atoms with Crippen LogP contribution in [0.4, 0.5) is 5.95 Å². The molecular weight excluding hydrogens is 262 g/mol. The lowest BCUT2D eigenvalue weighted by Gasteiger charge is -2.31. The Morgan fingerprint density at radius 1 is 1.47 bits per heavy atom. The number of piperidine rings is 1. The molecule has 0 radical (unpaired) electrons. The fraction of sp³-hybridized carbons (Fsp3) is 0.500. The fourth-order valence-electron chi connectivity index (χ4n) is 2.21. The van der Waals surface area contributed by atoms with Gasteiger partial charge in [0.15, 0.2) is 0 Å². The minimum Gasteiger partial charge on any atom is -0.388 e. The number of carbonyl (C=O) groups excluding carboxylic acids is 1. The molecule has 1 aromatic rings. The summed E-state index contributed by atoms with van der Waals surface area (Å²) in [4.78, 5) is 22.2. The number of aryl methyl sites for hydroxylation is 1. The Hall–Kier alpha value is -1.76. The lowest BCUT2D eigenvalue weighted by molar-refractivity contribution is -0.122. The van der Waals surface area contributed by atoms with Gasteiger partial charge in [-0.2, -0.15) is 0 Å². The summed E-state index contributed by atoms with van der Waals surface area (Å²) in [5.41, 5.74) is 12.3. The molecule has 0 bridgehead atoms. The van der Waals surface area contributed by atoms with Gasteiger partial charge in [-0.15, -0.1) is 0 Å². The van der Waals surface area contributed by atoms with Crippen LogP contribution >= 0.6 is 12.2 Å². The van der Waals surface area contributed by atoms with Crippen LogP contribution in [0, 0.1) is 12.8 Å². The van der Waals surface area contributed by atoms with Crippen molar-refractivity contribution in [1.29, 1.82) is 0 Å². The van der Waals surface area contributed by atoms with Crippen molar-refractivity contribution in [3.8, 4) is 0 Å². The summed E-state index contributed by atoms with van der Waals surface area (Å²) >= 11 is 4.94. The molecule has 1 fully saturated rings. The van der Waals surface area contributed by atoms with Crippen molar-refractivity contribution in [1.82, 2.24) is 9.97 Å². The quantitative estimate of drug-likeness (QED) is 0.763. The largest absolute Gasteiger partial charge is 0.388 e. The van der Waals surface area contributed by atoms with Gasteiger partial charge in [-0.3, -0.25) is 4.79 Å². The highest BCUT2D eigenvalue weighted by atomic mass is 32.1. The Morgan fingerprint density at radius 3 is 2.84 bits per heavy atom. The molecule has 1 saturated heterocycles. The first-order valence-corrected chi connectivity index (χ1v) is 6.58. The van der Waals surface area contributed by atoms with E-state index in [2.05, 4.69) is 9.97 Å². The standard InChI is InChI=1S/C12H17N5OS/c1-7-5-9(11(14)19)16-12(15-7)17-4-2-3-8(6-17)10(13)18/h5,8H,2-4,6H2,1H3,(H2,13,18)(H2,14,19). The molecule has 1 aromatic heterocycles. The van der Waals surface area contributed by atoms with Crippen molar-refractivity contribution < 1.29 is 4.79 Å². The number of hydrogen-bond acceptors (Lipinski definition) is 5. The normalized spacial score (nSPS) is 19.2. The molecule has 4 N–H and O–H groups in total. The zero-order valence-corrected chi connectivity index (χ0v) is 11.6. The summed E-state index contributed by atoms with van der Waals surface area (Å²) in [6, 6.07) is 1.75. The molecule has 0 spiro atoms. The Bertz CT molecular complexity index is 519. The maximum absolute atomic E-state index is 11.3. The van der Waals surface area contributed by atoms with Gasteiger partial charge in [-0.05, 0) is 25.8 Å². The Kier molecular flexibility index (Phi) is 3.94. The van der Waals surface area contributed by atoms with Crippen LogP contribution in [-0.2, 0) is 4.79 Å². The van der Waals surface area contributed by atoms with Crippen molar-refractivity contribution in [3.05, 3.63) is 17.5 Å². The monoisotopic (exact) mass is 279 g/mol. The number of nitrogens with two attached hydrogens (primary N) is 2. The first-order chi connectivity index (χ1) is 8.97. The van der Waals surface area contributed by atoms with E-state index in [9.17, 15) is 4.79 Å². The van der Waals surface area contributed by atoms with E-state index in [-0.39, 0.29) is 16.8 Å². The molecule has 2 heterocycles. The highest BCUT2D eigenvalue weighted by Gasteiger charge is 2.25. The summed E-state index contributed by atoms with van der Waals surface area (Å²) in [6.45, 7) is 3.22. The molecule has 0 aliphatic carbocycles. The first kappa shape index (κ1) is 13.7. The summed E-state index contributed by atoms with van der Waals surface area (Å²) in [7, 11) is 0. The maximum Gasteiger partial charge on any atom is 0.226 e. The molecule has 1 atom stereocenters. The average molecular weight is 279 g/mol. The molecule has 2 rings (SSSR count). The van der Waals surface area contributed by atoms with Gasteiger partial charge in [0.1, 0.15) is 10.7 Å². The highest BCUT2D eigenvalue weighted by Crippen LogP contribution is 2.20. The third kappa shape index (κ3) is 3.17. The van der Waals surface area contributed by atoms with Crippen molar-refractivity contribution in [2.75, 3.05) is 18.0 Å². The van der Waals surface area contributed by atoms with E-state index in [1.54, 1.807) is 6.07 Å². The van der Waals surface area contributed by atoms with Gasteiger partial charge < -0.3 is 16.4 Å². The van der Waals surface area contributed by atoms with Crippen LogP contribution in [-0.4, -0.2) is 34.0 Å². The second-order valence-corrected chi connectivity index (χ2v) is 5.19. The van der Waals surface area contributed by atoms with Crippen molar-refractivity contribution in [3.63, 3.8) is 0 Å². The van der Waals surface area contributed by atoms with Crippen LogP contribution in [0.15, 0.2) is 6.07 Å². The molecule has 0 saturated carbocycles. The molecule has 1 aliphatic rings. The topological polar surface area (TPSA) is 98.1 Å². The highest BCUT2D eigenvalue weighted by molar-refractivity contribution is 7.80. The average Bonchev–Trinajstić information content (AvgIpc) is 2.38. The van der Waals surface area contributed by atoms with Gasteiger partial charge in [0.2, 0.25) is 11.9 Å². The number of nitrogens with zero attached hydrogens (tertiary/aromatic N) is 3. The number of hydrogen-bond donors (Lipinski definition) is 2. The zero-order chi connectivity index (χ0) is 14.0. The third-order valence-corrected chi connectivity index (χ3v) is 3.41. The summed E-state index contributed by atoms with van der Waals surface area (Å²) < 4.78 is 0. The first-order valence-electron chi connectivity index (χ1n) is 6.17. The fourth-order valence-corrected chi connectivity index (χ4v) is 2.32. The van der Waals surface area contributed by atoms with Crippen LogP contribution in [0.5, 0.6) is 0 Å². The van der Waals surface area contributed by atoms with Gasteiger partial charge >= 0.3 is 0 Å². The number of anilines is 1. The minimum absolute atomic E-state index is 0.147. The number of primary amides is 1. The zero-order valence-electron chi connectivity index (χ0n) is 10.8. The van der Waals surface area contributed by atoms with E-state index in [0.717, 1.165) is 25.1 Å². The number of thiocarbonyl (C=S) groups is 1. The second kappa shape index (κ2) is 5.48. The van der Waals surface area contributed by atoms with E-state index in [4.69, 9.17) is 23.7 Å². The van der Waals surface area contributed by atoms with Crippen LogP contribution < -0.4 is 16.4 Å². The molecule has 1 unspecified atom stereocenters. The minimum atomic E-state index is -0.271. The van der Waals surface area contributed by atoms with Gasteiger partial charge in [0.25, 0.3) is 0 Å². The van der Waals surface area contributed by atoms with E-state index in [1.165, 1.54) is 0 Å². The second-order valence-electron chi connectivity index (χ2n) is 4.75. The van der Waals surface area contributed by atoms with E-state index in [1.807, 2.05) is 11.8 Å². The van der Waals surface area contributed by atoms with Crippen molar-refractivity contribution in [2.24, 2.45) is 17.4 Å². The summed E-state index contributed by atoms with van der Waals surface area (Å²) in [5.74, 6) is 0.145. The van der Waals surface area contributed by atoms with Crippen LogP contribution in [0.2, 0.25) is 0 Å². The number of amides is 1. The molecule has 19 heavy (non-hydrogen) atoms. The van der Waals surface area contributed by atoms with Crippen LogP contribution in [0.3, 0.4) is 0 Å². The van der Waals surface area contributed by atoms with Crippen LogP contribution in [0.1, 0.15) is 24.2 Å². The summed E-state index contributed by atoms with van der Waals surface area (Å²) in [5, 5.41) is 0. The predicted octanol–water partition coefficient (Wildman–Crippen LogP) is 0.121. The molecular formula is C12H17N5OS. The van der Waals surface area contributed by atoms with Gasteiger partial charge in [-0.1, -0.05) is 12.2 Å². The SMILES string of the molecule is Cc1cc(C(N)=S)nc(N2CCCC(C(N)=O)C2)n1. The van der Waals surface area contributed by atoms with Crippen LogP contribution in [0.25, 0.3) is 0 Å². The van der Waals surface area contributed by atoms with Gasteiger partial charge in [0.05, 0.1) is 5.92 Å². The molecule has 1 aliphatic heterocycles. The third-order valence-electron chi connectivity index (χ3n) is 3.20. The number of carbonyl (C=O) groups is 1. The molecule has 7 heteroatoms. The van der Waals surface area contributed by atoms with Crippen molar-refractivity contribution in [2.45, 2.75) is 19.8 Å².